The first-order valence-corrected chi connectivity index (χ1v) is 8.15. The van der Waals surface area contributed by atoms with Crippen molar-refractivity contribution >= 4 is 11.8 Å². The summed E-state index contributed by atoms with van der Waals surface area (Å²) in [6.45, 7) is 0.0628. The molecule has 5 heteroatoms. The molecular weight excluding hydrogens is 282 g/mol. The minimum Gasteiger partial charge on any atom is -0.394 e. The molecule has 1 fully saturated rings. The first-order valence-electron chi connectivity index (χ1n) is 7.16. The zero-order valence-corrected chi connectivity index (χ0v) is 12.6. The maximum Gasteiger partial charge on any atom is 0.187 e. The Hall–Kier alpha value is -1.43. The summed E-state index contributed by atoms with van der Waals surface area (Å²) in [5.41, 5.74) is 0.676. The Bertz CT molecular complexity index is 562. The highest BCUT2D eigenvalue weighted by molar-refractivity contribution is 7.99. The molecule has 1 atom stereocenters. The minimum absolute atomic E-state index is 0.0628. The second kappa shape index (κ2) is 6.56. The summed E-state index contributed by atoms with van der Waals surface area (Å²) in [7, 11) is 0. The maximum atomic E-state index is 10.1. The van der Waals surface area contributed by atoms with Crippen molar-refractivity contribution in [1.82, 2.24) is 15.3 Å². The number of aliphatic hydroxyl groups is 1. The van der Waals surface area contributed by atoms with Gasteiger partial charge in [0.2, 0.25) is 0 Å². The van der Waals surface area contributed by atoms with E-state index in [0.29, 0.717) is 11.8 Å². The molecule has 21 heavy (non-hydrogen) atoms. The Morgan fingerprint density at radius 3 is 2.48 bits per heavy atom. The van der Waals surface area contributed by atoms with Crippen molar-refractivity contribution in [3.8, 4) is 0 Å². The number of rotatable bonds is 7. The fourth-order valence-corrected chi connectivity index (χ4v) is 3.30. The Morgan fingerprint density at radius 1 is 1.14 bits per heavy atom. The van der Waals surface area contributed by atoms with Crippen molar-refractivity contribution in [2.75, 3.05) is 12.4 Å². The zero-order chi connectivity index (χ0) is 14.5. The van der Waals surface area contributed by atoms with E-state index in [1.807, 2.05) is 24.3 Å². The van der Waals surface area contributed by atoms with E-state index in [9.17, 15) is 5.11 Å². The van der Waals surface area contributed by atoms with E-state index in [1.165, 1.54) is 12.8 Å². The largest absolute Gasteiger partial charge is 0.394 e. The van der Waals surface area contributed by atoms with Gasteiger partial charge < -0.3 is 10.4 Å². The average molecular weight is 301 g/mol. The lowest BCUT2D eigenvalue weighted by molar-refractivity contribution is 0.177. The highest BCUT2D eigenvalue weighted by Crippen LogP contribution is 2.32. The lowest BCUT2D eigenvalue weighted by atomic mass is 9.92. The molecule has 1 heterocycles. The van der Waals surface area contributed by atoms with Gasteiger partial charge in [0.15, 0.2) is 5.16 Å². The standard InChI is InChI=1S/C16H19N3OS/c20-11-16(19-14-7-8-14,13-5-2-1-3-6-13)12-21-15-17-9-4-10-18-15/h1-6,9-10,14,19-20H,7-8,11-12H2. The molecule has 0 aliphatic heterocycles. The molecule has 2 aromatic rings. The monoisotopic (exact) mass is 301 g/mol. The summed E-state index contributed by atoms with van der Waals surface area (Å²) in [6, 6.07) is 12.5. The third-order valence-corrected chi connectivity index (χ3v) is 4.75. The SMILES string of the molecule is OCC(CSc1ncccn1)(NC1CC1)c1ccccc1. The van der Waals surface area contributed by atoms with Crippen LogP contribution >= 0.6 is 11.8 Å². The van der Waals surface area contributed by atoms with Crippen LogP contribution in [0.3, 0.4) is 0 Å². The highest BCUT2D eigenvalue weighted by Gasteiger charge is 2.37. The summed E-state index contributed by atoms with van der Waals surface area (Å²) in [4.78, 5) is 8.49. The molecule has 0 spiro atoms. The lowest BCUT2D eigenvalue weighted by Crippen LogP contribution is -2.49. The second-order valence-corrected chi connectivity index (χ2v) is 6.29. The molecule has 1 aliphatic rings. The van der Waals surface area contributed by atoms with Crippen LogP contribution in [0, 0.1) is 0 Å². The van der Waals surface area contributed by atoms with Crippen molar-refractivity contribution in [3.63, 3.8) is 0 Å². The van der Waals surface area contributed by atoms with E-state index in [0.717, 1.165) is 10.7 Å². The topological polar surface area (TPSA) is 58.0 Å². The molecule has 1 saturated carbocycles. The van der Waals surface area contributed by atoms with Gasteiger partial charge in [-0.2, -0.15) is 0 Å². The number of hydrogen-bond acceptors (Lipinski definition) is 5. The summed E-state index contributed by atoms with van der Waals surface area (Å²) < 4.78 is 0. The summed E-state index contributed by atoms with van der Waals surface area (Å²) in [5, 5.41) is 14.4. The normalized spacial score (nSPS) is 17.4. The fraction of sp³-hybridized carbons (Fsp3) is 0.375. The summed E-state index contributed by atoms with van der Waals surface area (Å²) in [5.74, 6) is 0.702. The molecule has 0 amide bonds. The lowest BCUT2D eigenvalue weighted by Gasteiger charge is -2.33. The molecule has 1 aromatic heterocycles. The van der Waals surface area contributed by atoms with Gasteiger partial charge in [0, 0.05) is 24.2 Å². The van der Waals surface area contributed by atoms with Gasteiger partial charge in [-0.1, -0.05) is 42.1 Å². The Morgan fingerprint density at radius 2 is 1.86 bits per heavy atom. The molecule has 1 unspecified atom stereocenters. The Balaban J connectivity index is 1.81. The minimum atomic E-state index is -0.438. The maximum absolute atomic E-state index is 10.1. The van der Waals surface area contributed by atoms with E-state index in [1.54, 1.807) is 24.2 Å². The second-order valence-electron chi connectivity index (χ2n) is 5.34. The van der Waals surface area contributed by atoms with Crippen LogP contribution < -0.4 is 5.32 Å². The third kappa shape index (κ3) is 3.61. The molecule has 1 aromatic carbocycles. The number of thioether (sulfide) groups is 1. The van der Waals surface area contributed by atoms with E-state index in [2.05, 4.69) is 27.4 Å². The van der Waals surface area contributed by atoms with Gasteiger partial charge in [0.1, 0.15) is 0 Å². The van der Waals surface area contributed by atoms with Gasteiger partial charge in [0.05, 0.1) is 12.1 Å². The number of nitrogens with one attached hydrogen (secondary N) is 1. The summed E-state index contributed by atoms with van der Waals surface area (Å²) in [6.07, 6.45) is 5.85. The number of hydrogen-bond donors (Lipinski definition) is 2. The molecule has 0 bridgehead atoms. The first-order chi connectivity index (χ1) is 10.3. The van der Waals surface area contributed by atoms with E-state index < -0.39 is 5.54 Å². The van der Waals surface area contributed by atoms with Crippen LogP contribution in [0.25, 0.3) is 0 Å². The molecule has 3 rings (SSSR count). The van der Waals surface area contributed by atoms with Crippen LogP contribution in [0.5, 0.6) is 0 Å². The van der Waals surface area contributed by atoms with Gasteiger partial charge in [-0.05, 0) is 24.5 Å². The highest BCUT2D eigenvalue weighted by atomic mass is 32.2. The number of aromatic nitrogens is 2. The zero-order valence-electron chi connectivity index (χ0n) is 11.8. The molecule has 0 radical (unpaired) electrons. The van der Waals surface area contributed by atoms with E-state index >= 15 is 0 Å². The third-order valence-electron chi connectivity index (χ3n) is 3.64. The Labute approximate surface area is 129 Å². The number of benzene rings is 1. The van der Waals surface area contributed by atoms with E-state index in [-0.39, 0.29) is 6.61 Å². The fourth-order valence-electron chi connectivity index (χ4n) is 2.31. The smallest absolute Gasteiger partial charge is 0.187 e. The average Bonchev–Trinajstić information content (AvgIpc) is 3.37. The van der Waals surface area contributed by atoms with Crippen LogP contribution in [-0.2, 0) is 5.54 Å². The van der Waals surface area contributed by atoms with Gasteiger partial charge in [0.25, 0.3) is 0 Å². The van der Waals surface area contributed by atoms with Gasteiger partial charge >= 0.3 is 0 Å². The van der Waals surface area contributed by atoms with Crippen molar-refractivity contribution in [2.24, 2.45) is 0 Å². The first kappa shape index (κ1) is 14.5. The van der Waals surface area contributed by atoms with Gasteiger partial charge in [-0.15, -0.1) is 0 Å². The van der Waals surface area contributed by atoms with Gasteiger partial charge in [-0.3, -0.25) is 0 Å². The van der Waals surface area contributed by atoms with Crippen LogP contribution in [-0.4, -0.2) is 33.5 Å². The van der Waals surface area contributed by atoms with Gasteiger partial charge in [-0.25, -0.2) is 9.97 Å². The van der Waals surface area contributed by atoms with E-state index in [4.69, 9.17) is 0 Å². The molecule has 110 valence electrons. The van der Waals surface area contributed by atoms with Crippen molar-refractivity contribution in [2.45, 2.75) is 29.6 Å². The van der Waals surface area contributed by atoms with Crippen LogP contribution in [0.2, 0.25) is 0 Å². The Kier molecular flexibility index (Phi) is 4.53. The van der Waals surface area contributed by atoms with Crippen LogP contribution in [0.4, 0.5) is 0 Å². The van der Waals surface area contributed by atoms with Crippen LogP contribution in [0.15, 0.2) is 53.9 Å². The summed E-state index contributed by atoms with van der Waals surface area (Å²) >= 11 is 1.57. The van der Waals surface area contributed by atoms with Crippen molar-refractivity contribution < 1.29 is 5.11 Å². The quantitative estimate of drug-likeness (QED) is 0.606. The predicted molar refractivity (Wildman–Crippen MR) is 84.1 cm³/mol. The molecule has 0 saturated heterocycles. The van der Waals surface area contributed by atoms with Crippen molar-refractivity contribution in [1.29, 1.82) is 0 Å². The predicted octanol–water partition coefficient (Wildman–Crippen LogP) is 2.21. The number of aliphatic hydroxyl groups excluding tert-OH is 1. The molecule has 1 aliphatic carbocycles. The van der Waals surface area contributed by atoms with Crippen LogP contribution in [0.1, 0.15) is 18.4 Å². The molecular formula is C16H19N3OS. The van der Waals surface area contributed by atoms with Crippen molar-refractivity contribution in [3.05, 3.63) is 54.4 Å². The molecule has 2 N–H and O–H groups in total. The number of nitrogens with zero attached hydrogens (tertiary/aromatic N) is 2. The molecule has 4 nitrogen and oxygen atoms in total.